The Morgan fingerprint density at radius 1 is 1.56 bits per heavy atom. The van der Waals surface area contributed by atoms with E-state index >= 15 is 0 Å². The van der Waals surface area contributed by atoms with Gasteiger partial charge in [0.25, 0.3) is 6.43 Å². The van der Waals surface area contributed by atoms with Crippen LogP contribution in [0.3, 0.4) is 0 Å². The molecular weight excluding hydrogens is 126 g/mol. The van der Waals surface area contributed by atoms with Gasteiger partial charge in [0.1, 0.15) is 6.10 Å². The van der Waals surface area contributed by atoms with E-state index in [-0.39, 0.29) is 6.42 Å². The average Bonchev–Trinajstić information content (AvgIpc) is 1.82. The summed E-state index contributed by atoms with van der Waals surface area (Å²) >= 11 is 0. The van der Waals surface area contributed by atoms with Gasteiger partial charge >= 0.3 is 0 Å². The predicted molar refractivity (Wildman–Crippen MR) is 31.4 cm³/mol. The molecule has 1 atom stereocenters. The number of hydrogen-bond acceptors (Lipinski definition) is 1. The molecule has 3 heteroatoms. The molecule has 0 aliphatic heterocycles. The van der Waals surface area contributed by atoms with Crippen molar-refractivity contribution >= 4 is 0 Å². The maximum Gasteiger partial charge on any atom is 0.264 e. The molecule has 1 N–H and O–H groups in total. The molecule has 1 nitrogen and oxygen atoms in total. The van der Waals surface area contributed by atoms with E-state index in [4.69, 9.17) is 5.11 Å². The van der Waals surface area contributed by atoms with Crippen molar-refractivity contribution < 1.29 is 13.9 Å². The molecule has 0 aromatic rings. The molecule has 1 unspecified atom stereocenters. The molecule has 0 bridgehead atoms. The second-order valence-corrected chi connectivity index (χ2v) is 1.71. The zero-order valence-corrected chi connectivity index (χ0v) is 5.22. The van der Waals surface area contributed by atoms with Crippen LogP contribution in [0, 0.1) is 0 Å². The fraction of sp³-hybridized carbons (Fsp3) is 0.667. The molecule has 0 aromatic heterocycles. The molecular formula is C6H10F2O. The third-order valence-corrected chi connectivity index (χ3v) is 0.904. The van der Waals surface area contributed by atoms with E-state index in [0.29, 0.717) is 0 Å². The summed E-state index contributed by atoms with van der Waals surface area (Å²) in [6.07, 6.45) is -0.946. The van der Waals surface area contributed by atoms with Crippen LogP contribution < -0.4 is 0 Å². The summed E-state index contributed by atoms with van der Waals surface area (Å²) < 4.78 is 22.9. The summed E-state index contributed by atoms with van der Waals surface area (Å²) in [5.74, 6) is 0. The maximum atomic E-state index is 11.5. The number of rotatable bonds is 3. The van der Waals surface area contributed by atoms with E-state index in [1.54, 1.807) is 13.0 Å². The molecule has 0 rings (SSSR count). The standard InChI is InChI=1S/C6H10F2O/c1-2-3-4-5(9)6(7)8/h2-3,5-6,9H,4H2,1H3/b3-2+. The van der Waals surface area contributed by atoms with Crippen LogP contribution in [0.4, 0.5) is 8.78 Å². The average molecular weight is 136 g/mol. The molecule has 0 heterocycles. The Labute approximate surface area is 53.0 Å². The minimum Gasteiger partial charge on any atom is -0.387 e. The highest BCUT2D eigenvalue weighted by Crippen LogP contribution is 2.04. The van der Waals surface area contributed by atoms with Crippen LogP contribution in [0.2, 0.25) is 0 Å². The summed E-state index contributed by atoms with van der Waals surface area (Å²) in [4.78, 5) is 0. The molecule has 54 valence electrons. The lowest BCUT2D eigenvalue weighted by atomic mass is 10.2. The number of hydrogen-bond donors (Lipinski definition) is 1. The largest absolute Gasteiger partial charge is 0.387 e. The molecule has 0 radical (unpaired) electrons. The van der Waals surface area contributed by atoms with Gasteiger partial charge in [-0.05, 0) is 13.3 Å². The summed E-state index contributed by atoms with van der Waals surface area (Å²) in [5.41, 5.74) is 0. The normalized spacial score (nSPS) is 15.2. The van der Waals surface area contributed by atoms with Crippen LogP contribution in [0.5, 0.6) is 0 Å². The number of aliphatic hydroxyl groups excluding tert-OH is 1. The Balaban J connectivity index is 3.38. The van der Waals surface area contributed by atoms with E-state index < -0.39 is 12.5 Å². The first-order chi connectivity index (χ1) is 4.18. The van der Waals surface area contributed by atoms with Gasteiger partial charge in [0.05, 0.1) is 0 Å². The van der Waals surface area contributed by atoms with Gasteiger partial charge in [0, 0.05) is 0 Å². The van der Waals surface area contributed by atoms with Crippen LogP contribution in [0.25, 0.3) is 0 Å². The molecule has 0 fully saturated rings. The number of aliphatic hydroxyl groups is 1. The van der Waals surface area contributed by atoms with Gasteiger partial charge in [-0.1, -0.05) is 12.2 Å². The van der Waals surface area contributed by atoms with E-state index in [0.717, 1.165) is 0 Å². The van der Waals surface area contributed by atoms with Crippen molar-refractivity contribution in [3.05, 3.63) is 12.2 Å². The van der Waals surface area contributed by atoms with Crippen molar-refractivity contribution in [3.8, 4) is 0 Å². The first-order valence-electron chi connectivity index (χ1n) is 2.76. The van der Waals surface area contributed by atoms with E-state index in [1.165, 1.54) is 6.08 Å². The molecule has 9 heavy (non-hydrogen) atoms. The minimum atomic E-state index is -2.62. The second-order valence-electron chi connectivity index (χ2n) is 1.71. The predicted octanol–water partition coefficient (Wildman–Crippen LogP) is 1.58. The van der Waals surface area contributed by atoms with Crippen LogP contribution in [0.15, 0.2) is 12.2 Å². The van der Waals surface area contributed by atoms with Crippen LogP contribution >= 0.6 is 0 Å². The first kappa shape index (κ1) is 8.56. The number of alkyl halides is 2. The van der Waals surface area contributed by atoms with Gasteiger partial charge in [0.2, 0.25) is 0 Å². The smallest absolute Gasteiger partial charge is 0.264 e. The summed E-state index contributed by atoms with van der Waals surface area (Å²) in [5, 5.41) is 8.46. The SMILES string of the molecule is C/C=C/CC(O)C(F)F. The van der Waals surface area contributed by atoms with Gasteiger partial charge in [-0.15, -0.1) is 0 Å². The highest BCUT2D eigenvalue weighted by Gasteiger charge is 2.13. The third-order valence-electron chi connectivity index (χ3n) is 0.904. The fourth-order valence-electron chi connectivity index (χ4n) is 0.378. The van der Waals surface area contributed by atoms with E-state index in [9.17, 15) is 8.78 Å². The van der Waals surface area contributed by atoms with Gasteiger partial charge in [-0.2, -0.15) is 0 Å². The zero-order chi connectivity index (χ0) is 7.28. The van der Waals surface area contributed by atoms with Gasteiger partial charge in [-0.3, -0.25) is 0 Å². The van der Waals surface area contributed by atoms with Crippen molar-refractivity contribution in [2.24, 2.45) is 0 Å². The lowest BCUT2D eigenvalue weighted by molar-refractivity contribution is -0.00214. The number of halogens is 2. The monoisotopic (exact) mass is 136 g/mol. The summed E-state index contributed by atoms with van der Waals surface area (Å²) in [6.45, 7) is 1.72. The molecule has 0 aliphatic rings. The molecule has 0 saturated heterocycles. The lowest BCUT2D eigenvalue weighted by Crippen LogP contribution is -2.15. The second kappa shape index (κ2) is 4.44. The Bertz CT molecular complexity index is 91.1. The molecule has 0 aliphatic carbocycles. The lowest BCUT2D eigenvalue weighted by Gasteiger charge is -2.03. The Kier molecular flexibility index (Phi) is 4.22. The van der Waals surface area contributed by atoms with E-state index in [2.05, 4.69) is 0 Å². The molecule has 0 spiro atoms. The van der Waals surface area contributed by atoms with Crippen LogP contribution in [-0.4, -0.2) is 17.6 Å². The fourth-order valence-corrected chi connectivity index (χ4v) is 0.378. The molecule has 0 aromatic carbocycles. The van der Waals surface area contributed by atoms with Crippen molar-refractivity contribution in [1.29, 1.82) is 0 Å². The van der Waals surface area contributed by atoms with Crippen LogP contribution in [0.1, 0.15) is 13.3 Å². The third kappa shape index (κ3) is 4.09. The Hall–Kier alpha value is -0.440. The Morgan fingerprint density at radius 3 is 2.44 bits per heavy atom. The van der Waals surface area contributed by atoms with Crippen LogP contribution in [-0.2, 0) is 0 Å². The van der Waals surface area contributed by atoms with Crippen molar-refractivity contribution in [2.45, 2.75) is 25.9 Å². The van der Waals surface area contributed by atoms with Crippen molar-refractivity contribution in [2.75, 3.05) is 0 Å². The minimum absolute atomic E-state index is 0.0359. The first-order valence-corrected chi connectivity index (χ1v) is 2.76. The molecule has 0 amide bonds. The quantitative estimate of drug-likeness (QED) is 0.584. The number of allylic oxidation sites excluding steroid dienone is 1. The highest BCUT2D eigenvalue weighted by molar-refractivity contribution is 4.80. The topological polar surface area (TPSA) is 20.2 Å². The summed E-state index contributed by atoms with van der Waals surface area (Å²) in [7, 11) is 0. The summed E-state index contributed by atoms with van der Waals surface area (Å²) in [6, 6.07) is 0. The van der Waals surface area contributed by atoms with Gasteiger partial charge < -0.3 is 5.11 Å². The van der Waals surface area contributed by atoms with Gasteiger partial charge in [-0.25, -0.2) is 8.78 Å². The van der Waals surface area contributed by atoms with Crippen molar-refractivity contribution in [3.63, 3.8) is 0 Å². The van der Waals surface area contributed by atoms with Crippen molar-refractivity contribution in [1.82, 2.24) is 0 Å². The zero-order valence-electron chi connectivity index (χ0n) is 5.22. The maximum absolute atomic E-state index is 11.5. The molecule has 0 saturated carbocycles. The highest BCUT2D eigenvalue weighted by atomic mass is 19.3. The Morgan fingerprint density at radius 2 is 2.11 bits per heavy atom. The van der Waals surface area contributed by atoms with E-state index in [1.807, 2.05) is 0 Å². The van der Waals surface area contributed by atoms with Gasteiger partial charge in [0.15, 0.2) is 0 Å².